The molecule has 0 saturated carbocycles. The van der Waals surface area contributed by atoms with Crippen LogP contribution in [0.15, 0.2) is 42.5 Å². The van der Waals surface area contributed by atoms with E-state index in [9.17, 15) is 9.59 Å². The van der Waals surface area contributed by atoms with Gasteiger partial charge in [-0.2, -0.15) is 0 Å². The van der Waals surface area contributed by atoms with Gasteiger partial charge in [0.25, 0.3) is 0 Å². The van der Waals surface area contributed by atoms with Crippen LogP contribution in [0.25, 0.3) is 10.2 Å². The number of nitrogens with zero attached hydrogens (tertiary/aromatic N) is 2. The van der Waals surface area contributed by atoms with E-state index in [0.717, 1.165) is 32.2 Å². The molecule has 3 amide bonds. The van der Waals surface area contributed by atoms with Gasteiger partial charge in [0.2, 0.25) is 5.91 Å². The lowest BCUT2D eigenvalue weighted by atomic mass is 9.90. The molecule has 0 radical (unpaired) electrons. The number of amides is 3. The summed E-state index contributed by atoms with van der Waals surface area (Å²) < 4.78 is 1.13. The van der Waals surface area contributed by atoms with Crippen molar-refractivity contribution in [2.24, 2.45) is 0 Å². The van der Waals surface area contributed by atoms with Gasteiger partial charge < -0.3 is 10.6 Å². The molecule has 0 bridgehead atoms. The molecule has 3 aromatic rings. The molecular weight excluding hydrogens is 348 g/mol. The van der Waals surface area contributed by atoms with E-state index in [4.69, 9.17) is 4.98 Å². The lowest BCUT2D eigenvalue weighted by Gasteiger charge is -2.26. The zero-order chi connectivity index (χ0) is 17.7. The largest absolute Gasteiger partial charge is 0.336 e. The topological polar surface area (TPSA) is 74.3 Å². The normalized spacial score (nSPS) is 19.4. The summed E-state index contributed by atoms with van der Waals surface area (Å²) >= 11 is 1.63. The van der Waals surface area contributed by atoms with Crippen LogP contribution in [0.4, 0.5) is 16.2 Å². The first-order valence-electron chi connectivity index (χ1n) is 8.54. The fraction of sp³-hybridized carbons (Fsp3) is 0.211. The molecule has 2 aliphatic heterocycles. The van der Waals surface area contributed by atoms with Crippen molar-refractivity contribution in [3.8, 4) is 0 Å². The number of carbonyl (C=O) groups is 2. The number of hydrogen-bond donors (Lipinski definition) is 2. The maximum absolute atomic E-state index is 12.3. The van der Waals surface area contributed by atoms with E-state index in [1.165, 1.54) is 0 Å². The Bertz CT molecular complexity index is 1010. The highest BCUT2D eigenvalue weighted by molar-refractivity contribution is 7.18. The van der Waals surface area contributed by atoms with Crippen LogP contribution in [-0.4, -0.2) is 30.0 Å². The Morgan fingerprint density at radius 3 is 2.85 bits per heavy atom. The fourth-order valence-corrected chi connectivity index (χ4v) is 4.68. The summed E-state index contributed by atoms with van der Waals surface area (Å²) in [5, 5.41) is 6.70. The van der Waals surface area contributed by atoms with Crippen LogP contribution in [0, 0.1) is 0 Å². The standard InChI is InChI=1S/C19H16N4O2S/c24-17-10-13(18-22-14-3-1-2-4-16(14)26-18)12-6-5-11(9-15(12)21-17)23-8-7-20-19(23)25/h1-6,9,13H,7-8,10H2,(H,20,25)(H,21,24). The summed E-state index contributed by atoms with van der Waals surface area (Å²) in [7, 11) is 0. The minimum absolute atomic E-state index is 0.0234. The Labute approximate surface area is 153 Å². The molecule has 2 aliphatic rings. The van der Waals surface area contributed by atoms with Crippen molar-refractivity contribution in [1.29, 1.82) is 0 Å². The molecule has 1 unspecified atom stereocenters. The molecule has 2 aromatic carbocycles. The van der Waals surface area contributed by atoms with E-state index in [-0.39, 0.29) is 17.9 Å². The summed E-state index contributed by atoms with van der Waals surface area (Å²) in [6.45, 7) is 1.27. The smallest absolute Gasteiger partial charge is 0.321 e. The van der Waals surface area contributed by atoms with Crippen LogP contribution in [0.5, 0.6) is 0 Å². The Hall–Kier alpha value is -2.93. The molecule has 130 valence electrons. The first-order valence-corrected chi connectivity index (χ1v) is 9.35. The van der Waals surface area contributed by atoms with Crippen molar-refractivity contribution in [3.05, 3.63) is 53.0 Å². The number of nitrogens with one attached hydrogen (secondary N) is 2. The summed E-state index contributed by atoms with van der Waals surface area (Å²) in [6, 6.07) is 13.8. The first kappa shape index (κ1) is 15.3. The lowest BCUT2D eigenvalue weighted by molar-refractivity contribution is -0.116. The van der Waals surface area contributed by atoms with Crippen LogP contribution < -0.4 is 15.5 Å². The van der Waals surface area contributed by atoms with Gasteiger partial charge in [-0.3, -0.25) is 9.69 Å². The van der Waals surface area contributed by atoms with Gasteiger partial charge in [-0.1, -0.05) is 18.2 Å². The number of aromatic nitrogens is 1. The van der Waals surface area contributed by atoms with Crippen molar-refractivity contribution in [2.75, 3.05) is 23.3 Å². The first-order chi connectivity index (χ1) is 12.7. The lowest BCUT2D eigenvalue weighted by Crippen LogP contribution is -2.28. The number of carbonyl (C=O) groups excluding carboxylic acids is 2. The van der Waals surface area contributed by atoms with E-state index < -0.39 is 0 Å². The van der Waals surface area contributed by atoms with Crippen LogP contribution >= 0.6 is 11.3 Å². The number of anilines is 2. The number of thiazole rings is 1. The maximum atomic E-state index is 12.3. The number of benzene rings is 2. The Morgan fingerprint density at radius 1 is 1.15 bits per heavy atom. The van der Waals surface area contributed by atoms with Crippen molar-refractivity contribution in [2.45, 2.75) is 12.3 Å². The summed E-state index contributed by atoms with van der Waals surface area (Å²) in [4.78, 5) is 30.6. The molecule has 6 nitrogen and oxygen atoms in total. The van der Waals surface area contributed by atoms with E-state index in [2.05, 4.69) is 16.7 Å². The van der Waals surface area contributed by atoms with E-state index in [1.807, 2.05) is 36.4 Å². The van der Waals surface area contributed by atoms with Gasteiger partial charge in [0.05, 0.1) is 10.2 Å². The van der Waals surface area contributed by atoms with Crippen molar-refractivity contribution in [3.63, 3.8) is 0 Å². The van der Waals surface area contributed by atoms with Gasteiger partial charge in [0.1, 0.15) is 5.01 Å². The maximum Gasteiger partial charge on any atom is 0.321 e. The predicted molar refractivity (Wildman–Crippen MR) is 102 cm³/mol. The molecule has 0 spiro atoms. The molecule has 5 rings (SSSR count). The van der Waals surface area contributed by atoms with Gasteiger partial charge in [-0.05, 0) is 29.8 Å². The highest BCUT2D eigenvalue weighted by atomic mass is 32.1. The van der Waals surface area contributed by atoms with E-state index in [0.29, 0.717) is 19.5 Å². The summed E-state index contributed by atoms with van der Waals surface area (Å²) in [5.41, 5.74) is 3.57. The van der Waals surface area contributed by atoms with E-state index >= 15 is 0 Å². The van der Waals surface area contributed by atoms with Gasteiger partial charge in [-0.15, -0.1) is 11.3 Å². The fourth-order valence-electron chi connectivity index (χ4n) is 3.60. The highest BCUT2D eigenvalue weighted by Crippen LogP contribution is 2.41. The van der Waals surface area contributed by atoms with Crippen LogP contribution in [0.2, 0.25) is 0 Å². The molecule has 0 aliphatic carbocycles. The van der Waals surface area contributed by atoms with Gasteiger partial charge in [0.15, 0.2) is 0 Å². The Morgan fingerprint density at radius 2 is 2.04 bits per heavy atom. The van der Waals surface area contributed by atoms with Crippen LogP contribution in [0.3, 0.4) is 0 Å². The molecule has 1 fully saturated rings. The number of fused-ring (bicyclic) bond motifs is 2. The molecule has 1 saturated heterocycles. The third-order valence-electron chi connectivity index (χ3n) is 4.85. The van der Waals surface area contributed by atoms with Gasteiger partial charge in [0, 0.05) is 36.8 Å². The second-order valence-corrected chi connectivity index (χ2v) is 7.54. The second-order valence-electron chi connectivity index (χ2n) is 6.48. The van der Waals surface area contributed by atoms with Gasteiger partial charge in [-0.25, -0.2) is 9.78 Å². The van der Waals surface area contributed by atoms with E-state index in [1.54, 1.807) is 16.2 Å². The molecule has 1 aromatic heterocycles. The summed E-state index contributed by atoms with van der Waals surface area (Å²) in [5.74, 6) is -0.0811. The Kier molecular flexibility index (Phi) is 3.43. The number of para-hydroxylation sites is 1. The number of urea groups is 1. The minimum Gasteiger partial charge on any atom is -0.336 e. The molecule has 2 N–H and O–H groups in total. The highest BCUT2D eigenvalue weighted by Gasteiger charge is 2.30. The number of rotatable bonds is 2. The zero-order valence-electron chi connectivity index (χ0n) is 13.9. The van der Waals surface area contributed by atoms with Crippen LogP contribution in [-0.2, 0) is 4.79 Å². The Balaban J connectivity index is 1.57. The monoisotopic (exact) mass is 364 g/mol. The quantitative estimate of drug-likeness (QED) is 0.733. The third-order valence-corrected chi connectivity index (χ3v) is 6.00. The summed E-state index contributed by atoms with van der Waals surface area (Å²) in [6.07, 6.45) is 0.385. The second kappa shape index (κ2) is 5.81. The SMILES string of the molecule is O=C1CC(c2nc3ccccc3s2)c2ccc(N3CCNC3=O)cc2N1. The average molecular weight is 364 g/mol. The number of hydrogen-bond acceptors (Lipinski definition) is 4. The van der Waals surface area contributed by atoms with Crippen molar-refractivity contribution >= 4 is 44.9 Å². The van der Waals surface area contributed by atoms with Crippen molar-refractivity contribution in [1.82, 2.24) is 10.3 Å². The molecule has 7 heteroatoms. The minimum atomic E-state index is -0.102. The van der Waals surface area contributed by atoms with Crippen molar-refractivity contribution < 1.29 is 9.59 Å². The zero-order valence-corrected chi connectivity index (χ0v) is 14.7. The predicted octanol–water partition coefficient (Wildman–Crippen LogP) is 3.30. The molecule has 1 atom stereocenters. The molecular formula is C19H16N4O2S. The average Bonchev–Trinajstić information content (AvgIpc) is 3.26. The third kappa shape index (κ3) is 2.43. The van der Waals surface area contributed by atoms with Crippen LogP contribution in [0.1, 0.15) is 22.9 Å². The molecule has 26 heavy (non-hydrogen) atoms. The van der Waals surface area contributed by atoms with Gasteiger partial charge >= 0.3 is 6.03 Å². The molecule has 3 heterocycles.